The average molecular weight is 205 g/mol. The van der Waals surface area contributed by atoms with E-state index in [9.17, 15) is 0 Å². The molecular formula is C10H11N3S. The van der Waals surface area contributed by atoms with Crippen LogP contribution in [-0.4, -0.2) is 16.5 Å². The Hall–Kier alpha value is -1.42. The molecule has 0 fully saturated rings. The van der Waals surface area contributed by atoms with Crippen LogP contribution in [-0.2, 0) is 0 Å². The fourth-order valence-electron chi connectivity index (χ4n) is 1.17. The second-order valence-corrected chi connectivity index (χ2v) is 3.59. The second-order valence-electron chi connectivity index (χ2n) is 2.81. The summed E-state index contributed by atoms with van der Waals surface area (Å²) in [5, 5.41) is 7.22. The maximum atomic E-state index is 4.39. The van der Waals surface area contributed by atoms with E-state index >= 15 is 0 Å². The summed E-state index contributed by atoms with van der Waals surface area (Å²) in [6.45, 7) is 2.87. The summed E-state index contributed by atoms with van der Waals surface area (Å²) >= 11 is 1.67. The molecule has 0 saturated carbocycles. The lowest BCUT2D eigenvalue weighted by Crippen LogP contribution is -2.01. The van der Waals surface area contributed by atoms with E-state index in [2.05, 4.69) is 26.7 Å². The standard InChI is InChI=1S/C10H11N3S/c1-2-11-10-12-5-3-9(13-10)8-4-6-14-7-8/h3-7H,2H2,1H3,(H,11,12,13). The zero-order chi connectivity index (χ0) is 9.80. The molecule has 0 unspecified atom stereocenters. The van der Waals surface area contributed by atoms with Crippen LogP contribution in [0.5, 0.6) is 0 Å². The van der Waals surface area contributed by atoms with E-state index in [0.717, 1.165) is 17.8 Å². The highest BCUT2D eigenvalue weighted by Crippen LogP contribution is 2.19. The highest BCUT2D eigenvalue weighted by Gasteiger charge is 2.00. The van der Waals surface area contributed by atoms with Crippen molar-refractivity contribution in [3.05, 3.63) is 29.1 Å². The van der Waals surface area contributed by atoms with E-state index < -0.39 is 0 Å². The summed E-state index contributed by atoms with van der Waals surface area (Å²) in [6.07, 6.45) is 1.78. The van der Waals surface area contributed by atoms with E-state index in [1.165, 1.54) is 0 Å². The number of anilines is 1. The number of aromatic nitrogens is 2. The van der Waals surface area contributed by atoms with Gasteiger partial charge in [-0.25, -0.2) is 9.97 Å². The van der Waals surface area contributed by atoms with Gasteiger partial charge in [0.25, 0.3) is 0 Å². The molecule has 0 saturated heterocycles. The molecule has 0 amide bonds. The first-order chi connectivity index (χ1) is 6.90. The Balaban J connectivity index is 2.31. The Morgan fingerprint density at radius 3 is 3.07 bits per heavy atom. The summed E-state index contributed by atoms with van der Waals surface area (Å²) in [4.78, 5) is 8.51. The Labute approximate surface area is 86.8 Å². The predicted octanol–water partition coefficient (Wildman–Crippen LogP) is 2.64. The molecule has 0 spiro atoms. The molecule has 0 radical (unpaired) electrons. The van der Waals surface area contributed by atoms with Crippen molar-refractivity contribution in [2.75, 3.05) is 11.9 Å². The van der Waals surface area contributed by atoms with Crippen LogP contribution in [0.2, 0.25) is 0 Å². The van der Waals surface area contributed by atoms with Crippen molar-refractivity contribution < 1.29 is 0 Å². The van der Waals surface area contributed by atoms with Gasteiger partial charge in [0.2, 0.25) is 5.95 Å². The van der Waals surface area contributed by atoms with Crippen molar-refractivity contribution in [1.82, 2.24) is 9.97 Å². The number of thiophene rings is 1. The molecule has 0 bridgehead atoms. The molecule has 0 aliphatic carbocycles. The van der Waals surface area contributed by atoms with Gasteiger partial charge in [0.15, 0.2) is 0 Å². The zero-order valence-corrected chi connectivity index (χ0v) is 8.71. The van der Waals surface area contributed by atoms with Crippen molar-refractivity contribution in [2.45, 2.75) is 6.92 Å². The van der Waals surface area contributed by atoms with E-state index in [1.807, 2.05) is 18.4 Å². The van der Waals surface area contributed by atoms with Crippen LogP contribution >= 0.6 is 11.3 Å². The van der Waals surface area contributed by atoms with Crippen LogP contribution in [0, 0.1) is 0 Å². The van der Waals surface area contributed by atoms with Crippen molar-refractivity contribution >= 4 is 17.3 Å². The topological polar surface area (TPSA) is 37.8 Å². The summed E-state index contributed by atoms with van der Waals surface area (Å²) in [6, 6.07) is 3.98. The summed E-state index contributed by atoms with van der Waals surface area (Å²) < 4.78 is 0. The predicted molar refractivity (Wildman–Crippen MR) is 59.5 cm³/mol. The summed E-state index contributed by atoms with van der Waals surface area (Å²) in [7, 11) is 0. The quantitative estimate of drug-likeness (QED) is 0.837. The van der Waals surface area contributed by atoms with Crippen LogP contribution in [0.15, 0.2) is 29.1 Å². The van der Waals surface area contributed by atoms with Gasteiger partial charge >= 0.3 is 0 Å². The fourth-order valence-corrected chi connectivity index (χ4v) is 1.82. The van der Waals surface area contributed by atoms with E-state index in [1.54, 1.807) is 17.5 Å². The van der Waals surface area contributed by atoms with E-state index in [-0.39, 0.29) is 0 Å². The molecule has 4 heteroatoms. The van der Waals surface area contributed by atoms with Gasteiger partial charge in [-0.05, 0) is 24.4 Å². The average Bonchev–Trinajstić information content (AvgIpc) is 2.71. The molecule has 0 aromatic carbocycles. The minimum absolute atomic E-state index is 0.691. The molecule has 1 N–H and O–H groups in total. The van der Waals surface area contributed by atoms with Crippen LogP contribution in [0.1, 0.15) is 6.92 Å². The van der Waals surface area contributed by atoms with Crippen LogP contribution < -0.4 is 5.32 Å². The first-order valence-corrected chi connectivity index (χ1v) is 5.44. The third kappa shape index (κ3) is 1.90. The Morgan fingerprint density at radius 1 is 1.43 bits per heavy atom. The molecule has 2 aromatic heterocycles. The largest absolute Gasteiger partial charge is 0.354 e. The minimum Gasteiger partial charge on any atom is -0.354 e. The van der Waals surface area contributed by atoms with Gasteiger partial charge in [0.1, 0.15) is 0 Å². The van der Waals surface area contributed by atoms with Gasteiger partial charge in [-0.3, -0.25) is 0 Å². The molecule has 2 rings (SSSR count). The van der Waals surface area contributed by atoms with E-state index in [4.69, 9.17) is 0 Å². The first kappa shape index (κ1) is 9.15. The molecule has 2 heterocycles. The molecular weight excluding hydrogens is 194 g/mol. The molecule has 0 aliphatic rings. The van der Waals surface area contributed by atoms with Crippen molar-refractivity contribution in [3.63, 3.8) is 0 Å². The number of hydrogen-bond acceptors (Lipinski definition) is 4. The van der Waals surface area contributed by atoms with Gasteiger partial charge in [-0.1, -0.05) is 0 Å². The maximum Gasteiger partial charge on any atom is 0.223 e. The second kappa shape index (κ2) is 4.19. The lowest BCUT2D eigenvalue weighted by molar-refractivity contribution is 1.09. The Kier molecular flexibility index (Phi) is 2.74. The Bertz CT molecular complexity index is 398. The van der Waals surface area contributed by atoms with Gasteiger partial charge in [0.05, 0.1) is 5.69 Å². The fraction of sp³-hybridized carbons (Fsp3) is 0.200. The SMILES string of the molecule is CCNc1nccc(-c2ccsc2)n1. The van der Waals surface area contributed by atoms with Crippen molar-refractivity contribution in [2.24, 2.45) is 0 Å². The first-order valence-electron chi connectivity index (χ1n) is 4.49. The third-order valence-corrected chi connectivity index (χ3v) is 2.49. The van der Waals surface area contributed by atoms with Crippen molar-refractivity contribution in [3.8, 4) is 11.3 Å². The highest BCUT2D eigenvalue weighted by atomic mass is 32.1. The third-order valence-electron chi connectivity index (χ3n) is 1.81. The molecule has 72 valence electrons. The van der Waals surface area contributed by atoms with Crippen LogP contribution in [0.25, 0.3) is 11.3 Å². The number of hydrogen-bond donors (Lipinski definition) is 1. The van der Waals surface area contributed by atoms with Crippen LogP contribution in [0.3, 0.4) is 0 Å². The van der Waals surface area contributed by atoms with Gasteiger partial charge in [-0.15, -0.1) is 0 Å². The molecule has 2 aromatic rings. The lowest BCUT2D eigenvalue weighted by atomic mass is 10.2. The zero-order valence-electron chi connectivity index (χ0n) is 7.90. The summed E-state index contributed by atoms with van der Waals surface area (Å²) in [5.74, 6) is 0.691. The van der Waals surface area contributed by atoms with Gasteiger partial charge in [-0.2, -0.15) is 11.3 Å². The number of rotatable bonds is 3. The number of nitrogens with zero attached hydrogens (tertiary/aromatic N) is 2. The van der Waals surface area contributed by atoms with E-state index in [0.29, 0.717) is 5.95 Å². The maximum absolute atomic E-state index is 4.39. The monoisotopic (exact) mass is 205 g/mol. The minimum atomic E-state index is 0.691. The molecule has 0 atom stereocenters. The Morgan fingerprint density at radius 2 is 2.36 bits per heavy atom. The normalized spacial score (nSPS) is 10.1. The van der Waals surface area contributed by atoms with Gasteiger partial charge < -0.3 is 5.32 Å². The molecule has 14 heavy (non-hydrogen) atoms. The molecule has 3 nitrogen and oxygen atoms in total. The summed E-state index contributed by atoms with van der Waals surface area (Å²) in [5.41, 5.74) is 2.12. The highest BCUT2D eigenvalue weighted by molar-refractivity contribution is 7.08. The smallest absolute Gasteiger partial charge is 0.223 e. The van der Waals surface area contributed by atoms with Crippen molar-refractivity contribution in [1.29, 1.82) is 0 Å². The number of nitrogens with one attached hydrogen (secondary N) is 1. The van der Waals surface area contributed by atoms with Crippen LogP contribution in [0.4, 0.5) is 5.95 Å². The lowest BCUT2D eigenvalue weighted by Gasteiger charge is -2.02. The van der Waals surface area contributed by atoms with Gasteiger partial charge in [0, 0.05) is 23.7 Å². The molecule has 0 aliphatic heterocycles.